The standard InChI is InChI=1S/C14H17N3O/c15-12-9-5-4-8-11(12)14-16-13(17-18-14)10-6-2-1-3-7-10/h1-3,6-7,11-12H,4-5,8-9,15H2. The maximum absolute atomic E-state index is 6.13. The normalized spacial score (nSPS) is 24.1. The quantitative estimate of drug-likeness (QED) is 0.880. The van der Waals surface area contributed by atoms with Crippen LogP contribution in [0.5, 0.6) is 0 Å². The molecule has 3 rings (SSSR count). The molecule has 1 aromatic carbocycles. The molecular weight excluding hydrogens is 226 g/mol. The molecule has 2 N–H and O–H groups in total. The minimum Gasteiger partial charge on any atom is -0.339 e. The maximum atomic E-state index is 6.13. The Morgan fingerprint density at radius 2 is 1.89 bits per heavy atom. The SMILES string of the molecule is NC1CCCCC1c1nc(-c2ccccc2)no1. The highest BCUT2D eigenvalue weighted by Gasteiger charge is 2.28. The van der Waals surface area contributed by atoms with Crippen LogP contribution in [0, 0.1) is 0 Å². The molecule has 1 aliphatic carbocycles. The summed E-state index contributed by atoms with van der Waals surface area (Å²) in [6.45, 7) is 0. The first-order valence-corrected chi connectivity index (χ1v) is 6.49. The lowest BCUT2D eigenvalue weighted by Gasteiger charge is -2.25. The lowest BCUT2D eigenvalue weighted by molar-refractivity contribution is 0.290. The summed E-state index contributed by atoms with van der Waals surface area (Å²) in [7, 11) is 0. The van der Waals surface area contributed by atoms with Crippen LogP contribution in [-0.4, -0.2) is 16.2 Å². The van der Waals surface area contributed by atoms with Gasteiger partial charge in [0.1, 0.15) is 0 Å². The molecule has 0 aliphatic heterocycles. The van der Waals surface area contributed by atoms with Crippen LogP contribution in [0.25, 0.3) is 11.4 Å². The summed E-state index contributed by atoms with van der Waals surface area (Å²) in [6, 6.07) is 10.0. The van der Waals surface area contributed by atoms with E-state index < -0.39 is 0 Å². The molecule has 2 atom stereocenters. The second-order valence-corrected chi connectivity index (χ2v) is 4.88. The largest absolute Gasteiger partial charge is 0.339 e. The fourth-order valence-electron chi connectivity index (χ4n) is 2.56. The van der Waals surface area contributed by atoms with Crippen LogP contribution in [0.1, 0.15) is 37.5 Å². The zero-order valence-corrected chi connectivity index (χ0v) is 10.2. The van der Waals surface area contributed by atoms with E-state index in [1.54, 1.807) is 0 Å². The van der Waals surface area contributed by atoms with Crippen molar-refractivity contribution in [3.8, 4) is 11.4 Å². The average molecular weight is 243 g/mol. The second-order valence-electron chi connectivity index (χ2n) is 4.88. The summed E-state index contributed by atoms with van der Waals surface area (Å²) in [5.41, 5.74) is 7.11. The highest BCUT2D eigenvalue weighted by atomic mass is 16.5. The van der Waals surface area contributed by atoms with Gasteiger partial charge in [0.25, 0.3) is 0 Å². The third-order valence-electron chi connectivity index (χ3n) is 3.61. The van der Waals surface area contributed by atoms with Crippen molar-refractivity contribution in [2.24, 2.45) is 5.73 Å². The molecule has 94 valence electrons. The van der Waals surface area contributed by atoms with Gasteiger partial charge in [-0.25, -0.2) is 0 Å². The van der Waals surface area contributed by atoms with Gasteiger partial charge in [0, 0.05) is 11.6 Å². The summed E-state index contributed by atoms with van der Waals surface area (Å²) in [6.07, 6.45) is 4.50. The van der Waals surface area contributed by atoms with Gasteiger partial charge in [0.05, 0.1) is 5.92 Å². The van der Waals surface area contributed by atoms with Crippen molar-refractivity contribution in [1.82, 2.24) is 10.1 Å². The Morgan fingerprint density at radius 3 is 2.67 bits per heavy atom. The molecule has 2 aromatic rings. The Kier molecular flexibility index (Phi) is 3.11. The van der Waals surface area contributed by atoms with Crippen LogP contribution in [0.3, 0.4) is 0 Å². The molecule has 4 heteroatoms. The van der Waals surface area contributed by atoms with Crippen LogP contribution >= 0.6 is 0 Å². The molecule has 0 bridgehead atoms. The lowest BCUT2D eigenvalue weighted by atomic mass is 9.85. The van der Waals surface area contributed by atoms with E-state index in [9.17, 15) is 0 Å². The van der Waals surface area contributed by atoms with E-state index in [0.717, 1.165) is 18.4 Å². The van der Waals surface area contributed by atoms with Gasteiger partial charge in [-0.3, -0.25) is 0 Å². The number of aromatic nitrogens is 2. The minimum atomic E-state index is 0.155. The average Bonchev–Trinajstić information content (AvgIpc) is 2.90. The Bertz CT molecular complexity index is 509. The third-order valence-corrected chi connectivity index (χ3v) is 3.61. The second kappa shape index (κ2) is 4.90. The van der Waals surface area contributed by atoms with E-state index >= 15 is 0 Å². The smallest absolute Gasteiger partial charge is 0.231 e. The number of rotatable bonds is 2. The molecule has 1 saturated carbocycles. The highest BCUT2D eigenvalue weighted by Crippen LogP contribution is 2.31. The van der Waals surface area contributed by atoms with E-state index in [2.05, 4.69) is 10.1 Å². The van der Waals surface area contributed by atoms with Crippen molar-refractivity contribution in [3.63, 3.8) is 0 Å². The van der Waals surface area contributed by atoms with E-state index in [-0.39, 0.29) is 12.0 Å². The molecule has 0 radical (unpaired) electrons. The van der Waals surface area contributed by atoms with Crippen molar-refractivity contribution >= 4 is 0 Å². The lowest BCUT2D eigenvalue weighted by Crippen LogP contribution is -2.31. The fourth-order valence-corrected chi connectivity index (χ4v) is 2.56. The van der Waals surface area contributed by atoms with Crippen LogP contribution in [0.4, 0.5) is 0 Å². The molecular formula is C14H17N3O. The van der Waals surface area contributed by atoms with Gasteiger partial charge in [-0.05, 0) is 12.8 Å². The van der Waals surface area contributed by atoms with Crippen molar-refractivity contribution < 1.29 is 4.52 Å². The molecule has 4 nitrogen and oxygen atoms in total. The molecule has 1 aliphatic rings. The molecule has 0 saturated heterocycles. The summed E-state index contributed by atoms with van der Waals surface area (Å²) in [5, 5.41) is 4.05. The maximum Gasteiger partial charge on any atom is 0.231 e. The number of hydrogen-bond donors (Lipinski definition) is 1. The van der Waals surface area contributed by atoms with Gasteiger partial charge in [0.2, 0.25) is 11.7 Å². The first kappa shape index (κ1) is 11.4. The van der Waals surface area contributed by atoms with Crippen molar-refractivity contribution in [2.45, 2.75) is 37.6 Å². The number of benzene rings is 1. The van der Waals surface area contributed by atoms with Crippen LogP contribution in [0.15, 0.2) is 34.9 Å². The first-order chi connectivity index (χ1) is 8.84. The van der Waals surface area contributed by atoms with Crippen LogP contribution in [-0.2, 0) is 0 Å². The summed E-state index contributed by atoms with van der Waals surface area (Å²) in [4.78, 5) is 4.50. The molecule has 18 heavy (non-hydrogen) atoms. The van der Waals surface area contributed by atoms with Crippen molar-refractivity contribution in [2.75, 3.05) is 0 Å². The van der Waals surface area contributed by atoms with Crippen LogP contribution < -0.4 is 5.73 Å². The Morgan fingerprint density at radius 1 is 1.11 bits per heavy atom. The molecule has 1 fully saturated rings. The van der Waals surface area contributed by atoms with Crippen molar-refractivity contribution in [3.05, 3.63) is 36.2 Å². The summed E-state index contributed by atoms with van der Waals surface area (Å²) >= 11 is 0. The third kappa shape index (κ3) is 2.16. The fraction of sp³-hybridized carbons (Fsp3) is 0.429. The number of nitrogens with zero attached hydrogens (tertiary/aromatic N) is 2. The van der Waals surface area contributed by atoms with Crippen LogP contribution in [0.2, 0.25) is 0 Å². The van der Waals surface area contributed by atoms with E-state index in [4.69, 9.17) is 10.3 Å². The Balaban J connectivity index is 1.85. The predicted molar refractivity (Wildman–Crippen MR) is 68.9 cm³/mol. The van der Waals surface area contributed by atoms with Gasteiger partial charge in [-0.1, -0.05) is 48.3 Å². The molecule has 0 amide bonds. The minimum absolute atomic E-state index is 0.155. The summed E-state index contributed by atoms with van der Waals surface area (Å²) in [5.74, 6) is 1.58. The predicted octanol–water partition coefficient (Wildman–Crippen LogP) is 2.72. The monoisotopic (exact) mass is 243 g/mol. The van der Waals surface area contributed by atoms with Gasteiger partial charge in [0.15, 0.2) is 0 Å². The first-order valence-electron chi connectivity index (χ1n) is 6.49. The number of hydrogen-bond acceptors (Lipinski definition) is 4. The summed E-state index contributed by atoms with van der Waals surface area (Å²) < 4.78 is 5.39. The topological polar surface area (TPSA) is 64.9 Å². The van der Waals surface area contributed by atoms with Gasteiger partial charge in [-0.15, -0.1) is 0 Å². The Labute approximate surface area is 106 Å². The van der Waals surface area contributed by atoms with Gasteiger partial charge >= 0.3 is 0 Å². The Hall–Kier alpha value is -1.68. The van der Waals surface area contributed by atoms with E-state index in [0.29, 0.717) is 11.7 Å². The highest BCUT2D eigenvalue weighted by molar-refractivity contribution is 5.53. The molecule has 0 spiro atoms. The number of nitrogens with two attached hydrogens (primary N) is 1. The van der Waals surface area contributed by atoms with Gasteiger partial charge < -0.3 is 10.3 Å². The van der Waals surface area contributed by atoms with E-state index in [1.807, 2.05) is 30.3 Å². The van der Waals surface area contributed by atoms with Gasteiger partial charge in [-0.2, -0.15) is 4.98 Å². The zero-order valence-electron chi connectivity index (χ0n) is 10.2. The molecule has 1 heterocycles. The van der Waals surface area contributed by atoms with E-state index in [1.165, 1.54) is 12.8 Å². The zero-order chi connectivity index (χ0) is 12.4. The molecule has 1 aromatic heterocycles. The van der Waals surface area contributed by atoms with Crippen molar-refractivity contribution in [1.29, 1.82) is 0 Å². The molecule has 2 unspecified atom stereocenters.